The molecule has 1 aliphatic heterocycles. The smallest absolute Gasteiger partial charge is 0.262 e. The van der Waals surface area contributed by atoms with E-state index in [0.717, 1.165) is 10.0 Å². The number of halogens is 1. The van der Waals surface area contributed by atoms with Gasteiger partial charge in [-0.1, -0.05) is 28.1 Å². The lowest BCUT2D eigenvalue weighted by atomic mass is 10.0. The van der Waals surface area contributed by atoms with Gasteiger partial charge in [-0.2, -0.15) is 0 Å². The number of fused-ring (bicyclic) bond motifs is 1. The van der Waals surface area contributed by atoms with Gasteiger partial charge in [-0.3, -0.25) is 4.72 Å². The van der Waals surface area contributed by atoms with Crippen LogP contribution in [-0.2, 0) is 10.0 Å². The molecule has 0 fully saturated rings. The zero-order chi connectivity index (χ0) is 16.6. The first-order valence-corrected chi connectivity index (χ1v) is 9.39. The predicted molar refractivity (Wildman–Crippen MR) is 91.2 cm³/mol. The minimum atomic E-state index is -3.74. The van der Waals surface area contributed by atoms with Crippen molar-refractivity contribution in [2.75, 3.05) is 11.3 Å². The number of aliphatic hydroxyl groups is 1. The van der Waals surface area contributed by atoms with E-state index in [1.54, 1.807) is 30.3 Å². The molecule has 2 aromatic carbocycles. The van der Waals surface area contributed by atoms with E-state index < -0.39 is 16.1 Å². The number of nitrogens with one attached hydrogen (secondary N) is 1. The number of hydrogen-bond donors (Lipinski definition) is 2. The van der Waals surface area contributed by atoms with Crippen molar-refractivity contribution in [3.05, 3.63) is 52.0 Å². The number of ether oxygens (including phenoxy) is 1. The Morgan fingerprint density at radius 2 is 2.09 bits per heavy atom. The first kappa shape index (κ1) is 16.3. The fraction of sp³-hybridized carbons (Fsp3) is 0.250. The highest BCUT2D eigenvalue weighted by Crippen LogP contribution is 2.38. The molecule has 0 amide bonds. The number of aliphatic hydroxyl groups excluding tert-OH is 1. The molecule has 0 saturated carbocycles. The zero-order valence-corrected chi connectivity index (χ0v) is 14.8. The van der Waals surface area contributed by atoms with E-state index in [1.807, 2.05) is 6.92 Å². The minimum absolute atomic E-state index is 0.173. The Kier molecular flexibility index (Phi) is 4.35. The summed E-state index contributed by atoms with van der Waals surface area (Å²) in [5.74, 6) is 0.392. The second kappa shape index (κ2) is 6.14. The number of anilines is 1. The molecule has 0 saturated heterocycles. The first-order valence-electron chi connectivity index (χ1n) is 7.11. The van der Waals surface area contributed by atoms with Gasteiger partial charge in [0.05, 0.1) is 23.3 Å². The highest BCUT2D eigenvalue weighted by atomic mass is 79.9. The van der Waals surface area contributed by atoms with E-state index in [0.29, 0.717) is 30.0 Å². The average molecular weight is 398 g/mol. The lowest BCUT2D eigenvalue weighted by molar-refractivity contribution is 0.116. The largest absolute Gasteiger partial charge is 0.491 e. The van der Waals surface area contributed by atoms with Crippen LogP contribution in [-0.4, -0.2) is 20.1 Å². The number of rotatable bonds is 3. The van der Waals surface area contributed by atoms with Gasteiger partial charge in [-0.25, -0.2) is 8.42 Å². The molecule has 0 aromatic heterocycles. The minimum Gasteiger partial charge on any atom is -0.491 e. The SMILES string of the molecule is Cc1cc(S(=O)(=O)Nc2cccc3c2OCC[C@@H]3O)ccc1Br. The van der Waals surface area contributed by atoms with Gasteiger partial charge in [-0.15, -0.1) is 0 Å². The van der Waals surface area contributed by atoms with Gasteiger partial charge in [0.25, 0.3) is 10.0 Å². The molecule has 0 spiro atoms. The van der Waals surface area contributed by atoms with Crippen LogP contribution in [0.1, 0.15) is 23.7 Å². The number of para-hydroxylation sites is 1. The lowest BCUT2D eigenvalue weighted by Crippen LogP contribution is -2.18. The summed E-state index contributed by atoms with van der Waals surface area (Å²) < 4.78 is 34.1. The summed E-state index contributed by atoms with van der Waals surface area (Å²) in [6, 6.07) is 9.88. The Morgan fingerprint density at radius 3 is 2.83 bits per heavy atom. The number of hydrogen-bond acceptors (Lipinski definition) is 4. The van der Waals surface area contributed by atoms with E-state index in [2.05, 4.69) is 20.7 Å². The van der Waals surface area contributed by atoms with Gasteiger partial charge in [0, 0.05) is 16.5 Å². The molecule has 3 rings (SSSR count). The molecule has 2 aromatic rings. The molecule has 1 heterocycles. The maximum Gasteiger partial charge on any atom is 0.262 e. The zero-order valence-electron chi connectivity index (χ0n) is 12.4. The van der Waals surface area contributed by atoms with Crippen molar-refractivity contribution >= 4 is 31.6 Å². The number of aryl methyl sites for hydroxylation is 1. The van der Waals surface area contributed by atoms with Gasteiger partial charge in [-0.05, 0) is 36.8 Å². The maximum atomic E-state index is 12.6. The molecule has 5 nitrogen and oxygen atoms in total. The second-order valence-electron chi connectivity index (χ2n) is 5.39. The number of sulfonamides is 1. The van der Waals surface area contributed by atoms with Crippen LogP contribution < -0.4 is 9.46 Å². The topological polar surface area (TPSA) is 75.6 Å². The Balaban J connectivity index is 1.98. The summed E-state index contributed by atoms with van der Waals surface area (Å²) in [5, 5.41) is 10.0. The third-order valence-electron chi connectivity index (χ3n) is 3.73. The van der Waals surface area contributed by atoms with Crippen molar-refractivity contribution in [2.24, 2.45) is 0 Å². The van der Waals surface area contributed by atoms with Crippen LogP contribution in [0.25, 0.3) is 0 Å². The van der Waals surface area contributed by atoms with Crippen LogP contribution in [0.4, 0.5) is 5.69 Å². The van der Waals surface area contributed by atoms with Gasteiger partial charge in [0.15, 0.2) is 0 Å². The van der Waals surface area contributed by atoms with E-state index in [1.165, 1.54) is 6.07 Å². The number of benzene rings is 2. The first-order chi connectivity index (χ1) is 10.9. The van der Waals surface area contributed by atoms with Crippen molar-refractivity contribution in [2.45, 2.75) is 24.3 Å². The van der Waals surface area contributed by atoms with Crippen LogP contribution in [0.2, 0.25) is 0 Å². The fourth-order valence-corrected chi connectivity index (χ4v) is 3.87. The molecule has 23 heavy (non-hydrogen) atoms. The Hall–Kier alpha value is -1.57. The average Bonchev–Trinajstić information content (AvgIpc) is 2.51. The molecular weight excluding hydrogens is 382 g/mol. The van der Waals surface area contributed by atoms with E-state index in [9.17, 15) is 13.5 Å². The summed E-state index contributed by atoms with van der Waals surface area (Å²) in [7, 11) is -3.74. The summed E-state index contributed by atoms with van der Waals surface area (Å²) >= 11 is 3.36. The molecule has 7 heteroatoms. The van der Waals surface area contributed by atoms with E-state index in [-0.39, 0.29) is 4.90 Å². The highest BCUT2D eigenvalue weighted by Gasteiger charge is 2.24. The van der Waals surface area contributed by atoms with Crippen molar-refractivity contribution in [1.82, 2.24) is 0 Å². The highest BCUT2D eigenvalue weighted by molar-refractivity contribution is 9.10. The fourth-order valence-electron chi connectivity index (χ4n) is 2.47. The van der Waals surface area contributed by atoms with Crippen molar-refractivity contribution in [3.8, 4) is 5.75 Å². The molecule has 0 bridgehead atoms. The van der Waals surface area contributed by atoms with E-state index >= 15 is 0 Å². The van der Waals surface area contributed by atoms with Crippen molar-refractivity contribution < 1.29 is 18.3 Å². The van der Waals surface area contributed by atoms with Gasteiger partial charge >= 0.3 is 0 Å². The van der Waals surface area contributed by atoms with Crippen LogP contribution in [0.3, 0.4) is 0 Å². The Bertz CT molecular complexity index is 851. The van der Waals surface area contributed by atoms with Crippen molar-refractivity contribution in [3.63, 3.8) is 0 Å². The molecule has 122 valence electrons. The molecule has 0 radical (unpaired) electrons. The Morgan fingerprint density at radius 1 is 1.30 bits per heavy atom. The van der Waals surface area contributed by atoms with Crippen LogP contribution in [0.15, 0.2) is 45.8 Å². The molecule has 1 atom stereocenters. The standard InChI is InChI=1S/C16H16BrNO4S/c1-10-9-11(5-6-13(10)17)23(20,21)18-14-4-2-3-12-15(19)7-8-22-16(12)14/h2-6,9,15,18-19H,7-8H2,1H3/t15-/m0/s1. The monoisotopic (exact) mass is 397 g/mol. The van der Waals surface area contributed by atoms with Gasteiger partial charge in [0.2, 0.25) is 0 Å². The summed E-state index contributed by atoms with van der Waals surface area (Å²) in [5.41, 5.74) is 1.76. The maximum absolute atomic E-state index is 12.6. The summed E-state index contributed by atoms with van der Waals surface area (Å²) in [6.07, 6.45) is -0.145. The third kappa shape index (κ3) is 3.22. The summed E-state index contributed by atoms with van der Waals surface area (Å²) in [6.45, 7) is 2.18. The van der Waals surface area contributed by atoms with E-state index in [4.69, 9.17) is 4.74 Å². The molecule has 1 aliphatic rings. The quantitative estimate of drug-likeness (QED) is 0.832. The van der Waals surface area contributed by atoms with Crippen LogP contribution in [0, 0.1) is 6.92 Å². The molecule has 0 aliphatic carbocycles. The molecule has 0 unspecified atom stereocenters. The van der Waals surface area contributed by atoms with Gasteiger partial charge in [0.1, 0.15) is 5.75 Å². The van der Waals surface area contributed by atoms with Crippen LogP contribution in [0.5, 0.6) is 5.75 Å². The summed E-state index contributed by atoms with van der Waals surface area (Å²) in [4.78, 5) is 0.173. The Labute approximate surface area is 143 Å². The van der Waals surface area contributed by atoms with Gasteiger partial charge < -0.3 is 9.84 Å². The van der Waals surface area contributed by atoms with Crippen LogP contribution >= 0.6 is 15.9 Å². The second-order valence-corrected chi connectivity index (χ2v) is 7.93. The lowest BCUT2D eigenvalue weighted by Gasteiger charge is -2.24. The molecule has 2 N–H and O–H groups in total. The van der Waals surface area contributed by atoms with Crippen molar-refractivity contribution in [1.29, 1.82) is 0 Å². The normalized spacial score (nSPS) is 17.3. The predicted octanol–water partition coefficient (Wildman–Crippen LogP) is 3.37. The molecular formula is C16H16BrNO4S. The third-order valence-corrected chi connectivity index (χ3v) is 5.98.